The highest BCUT2D eigenvalue weighted by atomic mass is 127. The molecule has 2 N–H and O–H groups in total. The predicted octanol–water partition coefficient (Wildman–Crippen LogP) is 3.46. The third-order valence-corrected chi connectivity index (χ3v) is 5.15. The molecule has 1 atom stereocenters. The monoisotopic (exact) mass is 480 g/mol. The van der Waals surface area contributed by atoms with Crippen molar-refractivity contribution in [3.05, 3.63) is 57.2 Å². The van der Waals surface area contributed by atoms with Crippen LogP contribution in [0.3, 0.4) is 0 Å². The summed E-state index contributed by atoms with van der Waals surface area (Å²) < 4.78 is 11.6. The number of ether oxygens (including phenoxy) is 2. The molecule has 2 aromatic rings. The molecule has 27 heavy (non-hydrogen) atoms. The van der Waals surface area contributed by atoms with Gasteiger partial charge in [-0.25, -0.2) is 0 Å². The molecule has 0 saturated carbocycles. The molecule has 0 aliphatic carbocycles. The second kappa shape index (κ2) is 9.18. The van der Waals surface area contributed by atoms with Crippen molar-refractivity contribution >= 4 is 40.1 Å². The summed E-state index contributed by atoms with van der Waals surface area (Å²) in [7, 11) is 1.59. The maximum absolute atomic E-state index is 12.5. The Balaban J connectivity index is 1.63. The Labute approximate surface area is 171 Å². The van der Waals surface area contributed by atoms with E-state index in [0.29, 0.717) is 23.4 Å². The van der Waals surface area contributed by atoms with Crippen molar-refractivity contribution in [3.8, 4) is 5.75 Å². The summed E-state index contributed by atoms with van der Waals surface area (Å²) in [6, 6.07) is 12.1. The lowest BCUT2D eigenvalue weighted by molar-refractivity contribution is 0.0857. The highest BCUT2D eigenvalue weighted by molar-refractivity contribution is 14.1. The van der Waals surface area contributed by atoms with Crippen LogP contribution in [0.5, 0.6) is 5.75 Å². The zero-order valence-corrected chi connectivity index (χ0v) is 17.1. The van der Waals surface area contributed by atoms with E-state index in [1.165, 1.54) is 0 Å². The molecule has 1 aliphatic rings. The Morgan fingerprint density at radius 1 is 1.19 bits per heavy atom. The van der Waals surface area contributed by atoms with Gasteiger partial charge in [-0.3, -0.25) is 9.59 Å². The molecule has 0 radical (unpaired) electrons. The molecule has 2 aromatic carbocycles. The Hall–Kier alpha value is -2.13. The predicted molar refractivity (Wildman–Crippen MR) is 111 cm³/mol. The molecule has 0 bridgehead atoms. The number of anilines is 1. The number of rotatable bonds is 6. The second-order valence-electron chi connectivity index (χ2n) is 6.23. The van der Waals surface area contributed by atoms with Crippen LogP contribution >= 0.6 is 22.6 Å². The van der Waals surface area contributed by atoms with Crippen molar-refractivity contribution in [1.82, 2.24) is 5.32 Å². The number of halogens is 1. The van der Waals surface area contributed by atoms with Gasteiger partial charge in [-0.2, -0.15) is 0 Å². The highest BCUT2D eigenvalue weighted by Crippen LogP contribution is 2.22. The lowest BCUT2D eigenvalue weighted by Gasteiger charge is -2.12. The van der Waals surface area contributed by atoms with Gasteiger partial charge >= 0.3 is 0 Å². The van der Waals surface area contributed by atoms with E-state index in [-0.39, 0.29) is 17.9 Å². The number of amides is 2. The number of methoxy groups -OCH3 is 1. The summed E-state index contributed by atoms with van der Waals surface area (Å²) in [5.74, 6) is 0.296. The average Bonchev–Trinajstić information content (AvgIpc) is 3.20. The topological polar surface area (TPSA) is 76.7 Å². The first-order valence-corrected chi connectivity index (χ1v) is 9.79. The van der Waals surface area contributed by atoms with Gasteiger partial charge in [0.25, 0.3) is 11.8 Å². The van der Waals surface area contributed by atoms with E-state index in [1.807, 2.05) is 0 Å². The molecule has 1 unspecified atom stereocenters. The fourth-order valence-electron chi connectivity index (χ4n) is 2.86. The van der Waals surface area contributed by atoms with Gasteiger partial charge < -0.3 is 20.1 Å². The van der Waals surface area contributed by atoms with E-state index < -0.39 is 0 Å². The first-order valence-electron chi connectivity index (χ1n) is 8.71. The molecule has 1 aliphatic heterocycles. The van der Waals surface area contributed by atoms with E-state index in [4.69, 9.17) is 9.47 Å². The molecule has 1 fully saturated rings. The van der Waals surface area contributed by atoms with Gasteiger partial charge in [-0.05, 0) is 71.8 Å². The van der Waals surface area contributed by atoms with Crippen LogP contribution in [0.15, 0.2) is 42.5 Å². The van der Waals surface area contributed by atoms with Crippen LogP contribution in [-0.2, 0) is 4.74 Å². The third-order valence-electron chi connectivity index (χ3n) is 4.31. The van der Waals surface area contributed by atoms with Gasteiger partial charge in [0.05, 0.1) is 16.8 Å². The number of nitrogens with one attached hydrogen (secondary N) is 2. The lowest BCUT2D eigenvalue weighted by Crippen LogP contribution is -2.31. The van der Waals surface area contributed by atoms with Gasteiger partial charge in [0, 0.05) is 30.0 Å². The fraction of sp³-hybridized carbons (Fsp3) is 0.300. The van der Waals surface area contributed by atoms with Gasteiger partial charge in [0.1, 0.15) is 5.75 Å². The van der Waals surface area contributed by atoms with Crippen LogP contribution in [-0.4, -0.2) is 38.2 Å². The number of hydrogen-bond acceptors (Lipinski definition) is 4. The standard InChI is InChI=1S/C20H21IN2O4/c1-26-18-8-7-14(11-17(18)21)20(25)23-15-5-2-4-13(10-15)19(24)22-12-16-6-3-9-27-16/h2,4-5,7-8,10-11,16H,3,6,9,12H2,1H3,(H,22,24)(H,23,25). The van der Waals surface area contributed by atoms with Crippen LogP contribution in [0.25, 0.3) is 0 Å². The van der Waals surface area contributed by atoms with Crippen molar-refractivity contribution in [1.29, 1.82) is 0 Å². The largest absolute Gasteiger partial charge is 0.496 e. The van der Waals surface area contributed by atoms with E-state index in [0.717, 1.165) is 28.8 Å². The lowest BCUT2D eigenvalue weighted by atomic mass is 10.1. The van der Waals surface area contributed by atoms with Crippen molar-refractivity contribution in [2.45, 2.75) is 18.9 Å². The van der Waals surface area contributed by atoms with Crippen LogP contribution in [0.2, 0.25) is 0 Å². The van der Waals surface area contributed by atoms with Crippen molar-refractivity contribution < 1.29 is 19.1 Å². The second-order valence-corrected chi connectivity index (χ2v) is 7.39. The summed E-state index contributed by atoms with van der Waals surface area (Å²) in [5, 5.41) is 5.71. The van der Waals surface area contributed by atoms with Crippen LogP contribution < -0.4 is 15.4 Å². The van der Waals surface area contributed by atoms with E-state index in [9.17, 15) is 9.59 Å². The normalized spacial score (nSPS) is 16.0. The van der Waals surface area contributed by atoms with Crippen LogP contribution in [0.4, 0.5) is 5.69 Å². The molecule has 0 aromatic heterocycles. The van der Waals surface area contributed by atoms with Gasteiger partial charge in [-0.1, -0.05) is 6.07 Å². The van der Waals surface area contributed by atoms with E-state index in [1.54, 1.807) is 49.6 Å². The molecule has 6 nitrogen and oxygen atoms in total. The van der Waals surface area contributed by atoms with Crippen LogP contribution in [0.1, 0.15) is 33.6 Å². The molecular formula is C20H21IN2O4. The number of carbonyl (C=O) groups excluding carboxylic acids is 2. The zero-order valence-electron chi connectivity index (χ0n) is 15.0. The maximum Gasteiger partial charge on any atom is 0.255 e. The molecule has 0 spiro atoms. The third kappa shape index (κ3) is 5.20. The van der Waals surface area contributed by atoms with Gasteiger partial charge in [0.15, 0.2) is 0 Å². The molecule has 1 saturated heterocycles. The minimum atomic E-state index is -0.243. The first-order chi connectivity index (χ1) is 13.1. The average molecular weight is 480 g/mol. The Kier molecular flexibility index (Phi) is 6.68. The quantitative estimate of drug-likeness (QED) is 0.622. The summed E-state index contributed by atoms with van der Waals surface area (Å²) in [6.07, 6.45) is 2.10. The molecule has 1 heterocycles. The Morgan fingerprint density at radius 3 is 2.70 bits per heavy atom. The summed E-state index contributed by atoms with van der Waals surface area (Å²) in [5.41, 5.74) is 1.58. The number of benzene rings is 2. The molecule has 2 amide bonds. The minimum Gasteiger partial charge on any atom is -0.496 e. The first kappa shape index (κ1) is 19.6. The van der Waals surface area contributed by atoms with E-state index >= 15 is 0 Å². The maximum atomic E-state index is 12.5. The Morgan fingerprint density at radius 2 is 2.00 bits per heavy atom. The number of carbonyl (C=O) groups is 2. The fourth-order valence-corrected chi connectivity index (χ4v) is 3.60. The zero-order chi connectivity index (χ0) is 19.2. The van der Waals surface area contributed by atoms with Crippen LogP contribution in [0, 0.1) is 3.57 Å². The summed E-state index contributed by atoms with van der Waals surface area (Å²) in [4.78, 5) is 24.8. The SMILES string of the molecule is COc1ccc(C(=O)Nc2cccc(C(=O)NCC3CCCO3)c2)cc1I. The molecule has 142 valence electrons. The van der Waals surface area contributed by atoms with Gasteiger partial charge in [-0.15, -0.1) is 0 Å². The van der Waals surface area contributed by atoms with Crippen molar-refractivity contribution in [3.63, 3.8) is 0 Å². The number of hydrogen-bond donors (Lipinski definition) is 2. The minimum absolute atomic E-state index is 0.0920. The Bertz CT molecular complexity index is 834. The molecule has 3 rings (SSSR count). The molecule has 7 heteroatoms. The highest BCUT2D eigenvalue weighted by Gasteiger charge is 2.17. The van der Waals surface area contributed by atoms with E-state index in [2.05, 4.69) is 33.2 Å². The summed E-state index contributed by atoms with van der Waals surface area (Å²) >= 11 is 2.12. The smallest absolute Gasteiger partial charge is 0.255 e. The van der Waals surface area contributed by atoms with Crippen molar-refractivity contribution in [2.24, 2.45) is 0 Å². The van der Waals surface area contributed by atoms with Crippen molar-refractivity contribution in [2.75, 3.05) is 25.6 Å². The molecular weight excluding hydrogens is 459 g/mol. The summed E-state index contributed by atoms with van der Waals surface area (Å²) in [6.45, 7) is 1.26. The van der Waals surface area contributed by atoms with Gasteiger partial charge in [0.2, 0.25) is 0 Å².